The summed E-state index contributed by atoms with van der Waals surface area (Å²) in [5, 5.41) is 20.2. The van der Waals surface area contributed by atoms with Gasteiger partial charge in [0.2, 0.25) is 11.8 Å². The van der Waals surface area contributed by atoms with Gasteiger partial charge in [0, 0.05) is 13.0 Å². The Kier molecular flexibility index (Phi) is 6.74. The van der Waals surface area contributed by atoms with Crippen molar-refractivity contribution in [2.24, 2.45) is 0 Å². The summed E-state index contributed by atoms with van der Waals surface area (Å²) >= 11 is 0. The molecule has 0 aromatic heterocycles. The number of carboxylic acids is 2. The molecule has 0 bridgehead atoms. The van der Waals surface area contributed by atoms with Gasteiger partial charge in [-0.1, -0.05) is 0 Å². The minimum Gasteiger partial charge on any atom is -0.481 e. The molecule has 0 radical (unpaired) electrons. The van der Waals surface area contributed by atoms with Crippen LogP contribution >= 0.6 is 0 Å². The molecule has 2 aliphatic heterocycles. The van der Waals surface area contributed by atoms with E-state index in [1.165, 1.54) is 4.90 Å². The molecule has 0 saturated carbocycles. The number of rotatable bonds is 8. The molecule has 9 heteroatoms. The van der Waals surface area contributed by atoms with Crippen LogP contribution in [0.5, 0.6) is 0 Å². The van der Waals surface area contributed by atoms with Crippen molar-refractivity contribution in [2.45, 2.75) is 50.6 Å². The lowest BCUT2D eigenvalue weighted by atomic mass is 10.1. The molecule has 2 heterocycles. The number of carboxylic acid groups (broad SMARTS) is 2. The number of nitrogens with zero attached hydrogens (tertiary/aromatic N) is 2. The van der Waals surface area contributed by atoms with Crippen LogP contribution in [0.15, 0.2) is 0 Å². The van der Waals surface area contributed by atoms with Crippen LogP contribution < -0.4 is 5.32 Å². The summed E-state index contributed by atoms with van der Waals surface area (Å²) in [6.07, 6.45) is 2.78. The molecule has 3 N–H and O–H groups in total. The predicted octanol–water partition coefficient (Wildman–Crippen LogP) is -0.493. The van der Waals surface area contributed by atoms with Crippen molar-refractivity contribution >= 4 is 23.8 Å². The fourth-order valence-corrected chi connectivity index (χ4v) is 3.35. The molecule has 9 nitrogen and oxygen atoms in total. The van der Waals surface area contributed by atoms with Gasteiger partial charge in [0.05, 0.1) is 6.54 Å². The van der Waals surface area contributed by atoms with E-state index in [1.54, 1.807) is 0 Å². The number of carbonyl (C=O) groups is 4. The van der Waals surface area contributed by atoms with Crippen molar-refractivity contribution in [2.75, 3.05) is 26.2 Å². The number of carbonyl (C=O) groups excluding carboxylic acids is 2. The normalized spacial score (nSPS) is 21.9. The first-order chi connectivity index (χ1) is 11.9. The van der Waals surface area contributed by atoms with E-state index in [9.17, 15) is 19.2 Å². The fourth-order valence-electron chi connectivity index (χ4n) is 3.35. The highest BCUT2D eigenvalue weighted by molar-refractivity contribution is 5.91. The zero-order valence-corrected chi connectivity index (χ0v) is 14.1. The van der Waals surface area contributed by atoms with Gasteiger partial charge in [-0.3, -0.25) is 19.3 Å². The van der Waals surface area contributed by atoms with Gasteiger partial charge in [0.15, 0.2) is 0 Å². The molecule has 140 valence electrons. The average Bonchev–Trinajstić information content (AvgIpc) is 3.21. The van der Waals surface area contributed by atoms with Crippen LogP contribution in [-0.2, 0) is 19.2 Å². The third kappa shape index (κ3) is 5.42. The Hall–Kier alpha value is -2.16. The van der Waals surface area contributed by atoms with Gasteiger partial charge < -0.3 is 20.4 Å². The lowest BCUT2D eigenvalue weighted by Crippen LogP contribution is -2.52. The molecule has 0 aromatic rings. The second kappa shape index (κ2) is 8.80. The van der Waals surface area contributed by atoms with Gasteiger partial charge in [-0.2, -0.15) is 0 Å². The van der Waals surface area contributed by atoms with E-state index in [1.807, 2.05) is 0 Å². The van der Waals surface area contributed by atoms with Gasteiger partial charge >= 0.3 is 11.9 Å². The lowest BCUT2D eigenvalue weighted by molar-refractivity contribution is -0.144. The van der Waals surface area contributed by atoms with Gasteiger partial charge in [-0.25, -0.2) is 4.79 Å². The Labute approximate surface area is 146 Å². The third-order valence-electron chi connectivity index (χ3n) is 4.69. The molecular formula is C16H25N3O6. The van der Waals surface area contributed by atoms with E-state index in [0.717, 1.165) is 25.9 Å². The monoisotopic (exact) mass is 355 g/mol. The minimum atomic E-state index is -1.28. The molecule has 2 rings (SSSR count). The number of amides is 2. The van der Waals surface area contributed by atoms with Crippen molar-refractivity contribution in [1.29, 1.82) is 0 Å². The maximum atomic E-state index is 12.5. The van der Waals surface area contributed by atoms with E-state index in [4.69, 9.17) is 10.2 Å². The standard InChI is InChI=1S/C16H25N3O6/c20-13(10-18-7-1-2-8-18)19-9-3-4-12(19)15(23)17-11(16(24)25)5-6-14(21)22/h11-12H,1-10H2,(H,17,23)(H,21,22)(H,24,25)/t11-,12-/m0/s1. The summed E-state index contributed by atoms with van der Waals surface area (Å²) < 4.78 is 0. The first kappa shape index (κ1) is 19.2. The number of hydrogen-bond donors (Lipinski definition) is 3. The summed E-state index contributed by atoms with van der Waals surface area (Å²) in [6.45, 7) is 2.53. The van der Waals surface area contributed by atoms with Gasteiger partial charge in [0.1, 0.15) is 12.1 Å². The molecule has 2 saturated heterocycles. The van der Waals surface area contributed by atoms with E-state index >= 15 is 0 Å². The smallest absolute Gasteiger partial charge is 0.326 e. The molecule has 2 atom stereocenters. The third-order valence-corrected chi connectivity index (χ3v) is 4.69. The highest BCUT2D eigenvalue weighted by atomic mass is 16.4. The topological polar surface area (TPSA) is 127 Å². The van der Waals surface area contributed by atoms with Crippen LogP contribution in [0, 0.1) is 0 Å². The van der Waals surface area contributed by atoms with Crippen LogP contribution in [0.3, 0.4) is 0 Å². The predicted molar refractivity (Wildman–Crippen MR) is 86.8 cm³/mol. The van der Waals surface area contributed by atoms with E-state index in [-0.39, 0.29) is 25.3 Å². The highest BCUT2D eigenvalue weighted by Gasteiger charge is 2.36. The quantitative estimate of drug-likeness (QED) is 0.536. The summed E-state index contributed by atoms with van der Waals surface area (Å²) in [5.41, 5.74) is 0. The highest BCUT2D eigenvalue weighted by Crippen LogP contribution is 2.19. The molecule has 2 amide bonds. The summed E-state index contributed by atoms with van der Waals surface area (Å²) in [7, 11) is 0. The maximum absolute atomic E-state index is 12.5. The van der Waals surface area contributed by atoms with Crippen LogP contribution in [0.1, 0.15) is 38.5 Å². The van der Waals surface area contributed by atoms with Crippen LogP contribution in [0.4, 0.5) is 0 Å². The molecule has 0 aromatic carbocycles. The number of nitrogens with one attached hydrogen (secondary N) is 1. The van der Waals surface area contributed by atoms with E-state index in [0.29, 0.717) is 19.4 Å². The Morgan fingerprint density at radius 3 is 2.32 bits per heavy atom. The molecular weight excluding hydrogens is 330 g/mol. The fraction of sp³-hybridized carbons (Fsp3) is 0.750. The van der Waals surface area contributed by atoms with Gasteiger partial charge in [-0.15, -0.1) is 0 Å². The Morgan fingerprint density at radius 1 is 1.04 bits per heavy atom. The summed E-state index contributed by atoms with van der Waals surface area (Å²) in [4.78, 5) is 50.3. The molecule has 0 unspecified atom stereocenters. The van der Waals surface area contributed by atoms with Gasteiger partial charge in [0.25, 0.3) is 0 Å². The van der Waals surface area contributed by atoms with Crippen molar-refractivity contribution < 1.29 is 29.4 Å². The van der Waals surface area contributed by atoms with Crippen molar-refractivity contribution in [1.82, 2.24) is 15.1 Å². The van der Waals surface area contributed by atoms with Crippen molar-refractivity contribution in [3.63, 3.8) is 0 Å². The van der Waals surface area contributed by atoms with Gasteiger partial charge in [-0.05, 0) is 45.2 Å². The largest absolute Gasteiger partial charge is 0.481 e. The summed E-state index contributed by atoms with van der Waals surface area (Å²) in [6, 6.07) is -1.94. The zero-order chi connectivity index (χ0) is 18.4. The Morgan fingerprint density at radius 2 is 1.72 bits per heavy atom. The Bertz CT molecular complexity index is 532. The molecule has 2 fully saturated rings. The molecule has 25 heavy (non-hydrogen) atoms. The van der Waals surface area contributed by atoms with Crippen molar-refractivity contribution in [3.05, 3.63) is 0 Å². The number of hydrogen-bond acceptors (Lipinski definition) is 5. The molecule has 0 spiro atoms. The van der Waals surface area contributed by atoms with E-state index in [2.05, 4.69) is 10.2 Å². The van der Waals surface area contributed by atoms with Crippen molar-refractivity contribution in [3.8, 4) is 0 Å². The minimum absolute atomic E-state index is 0.114. The van der Waals surface area contributed by atoms with Crippen LogP contribution in [0.25, 0.3) is 0 Å². The maximum Gasteiger partial charge on any atom is 0.326 e. The second-order valence-electron chi connectivity index (χ2n) is 6.56. The second-order valence-corrected chi connectivity index (χ2v) is 6.56. The first-order valence-electron chi connectivity index (χ1n) is 8.65. The van der Waals surface area contributed by atoms with Crippen LogP contribution in [-0.4, -0.2) is 82.0 Å². The van der Waals surface area contributed by atoms with Crippen LogP contribution in [0.2, 0.25) is 0 Å². The first-order valence-corrected chi connectivity index (χ1v) is 8.65. The van der Waals surface area contributed by atoms with E-state index < -0.39 is 29.9 Å². The summed E-state index contributed by atoms with van der Waals surface area (Å²) in [5.74, 6) is -3.03. The zero-order valence-electron chi connectivity index (χ0n) is 14.1. The number of aliphatic carboxylic acids is 2. The average molecular weight is 355 g/mol. The Balaban J connectivity index is 1.92. The molecule has 0 aliphatic carbocycles. The SMILES string of the molecule is O=C(O)CC[C@H](NC(=O)[C@@H]1CCCN1C(=O)CN1CCCC1)C(=O)O. The number of likely N-dealkylation sites (tertiary alicyclic amines) is 2. The molecule has 2 aliphatic rings. The lowest BCUT2D eigenvalue weighted by Gasteiger charge is -2.27.